The first kappa shape index (κ1) is 16.0. The molecule has 2 aliphatic rings. The maximum absolute atomic E-state index is 12.2. The van der Waals surface area contributed by atoms with Crippen molar-refractivity contribution in [2.45, 2.75) is 51.4 Å². The number of rotatable bonds is 5. The largest absolute Gasteiger partial charge is 0.458 e. The summed E-state index contributed by atoms with van der Waals surface area (Å²) in [5.74, 6) is -1.05. The van der Waals surface area contributed by atoms with Crippen molar-refractivity contribution in [2.75, 3.05) is 19.7 Å². The first-order valence-corrected chi connectivity index (χ1v) is 7.35. The van der Waals surface area contributed by atoms with E-state index >= 15 is 0 Å². The molecule has 0 aromatic heterocycles. The Morgan fingerprint density at radius 1 is 1.52 bits per heavy atom. The van der Waals surface area contributed by atoms with Crippen LogP contribution in [0.15, 0.2) is 11.6 Å². The highest BCUT2D eigenvalue weighted by atomic mass is 16.6. The van der Waals surface area contributed by atoms with E-state index in [1.807, 2.05) is 6.08 Å². The molecule has 2 heterocycles. The maximum Gasteiger partial charge on any atom is 0.350 e. The maximum atomic E-state index is 12.2. The summed E-state index contributed by atoms with van der Waals surface area (Å²) in [5.41, 5.74) is -0.325. The molecule has 6 heteroatoms. The topological polar surface area (TPSA) is 76.1 Å². The van der Waals surface area contributed by atoms with E-state index in [9.17, 15) is 14.7 Å². The Hall–Kier alpha value is -1.40. The number of esters is 2. The molecule has 118 valence electrons. The first-order chi connectivity index (χ1) is 9.87. The third-order valence-corrected chi connectivity index (χ3v) is 4.28. The van der Waals surface area contributed by atoms with Crippen LogP contribution in [-0.2, 0) is 19.1 Å². The van der Waals surface area contributed by atoms with Crippen molar-refractivity contribution >= 4 is 11.9 Å². The van der Waals surface area contributed by atoms with E-state index in [0.717, 1.165) is 25.1 Å². The number of hydrogen-bond donors (Lipinski definition) is 1. The van der Waals surface area contributed by atoms with Gasteiger partial charge in [-0.25, -0.2) is 4.79 Å². The van der Waals surface area contributed by atoms with Crippen molar-refractivity contribution < 1.29 is 24.2 Å². The molecule has 0 aromatic rings. The second kappa shape index (κ2) is 6.15. The lowest BCUT2D eigenvalue weighted by Gasteiger charge is -2.26. The predicted molar refractivity (Wildman–Crippen MR) is 75.5 cm³/mol. The molecule has 2 aliphatic heterocycles. The first-order valence-electron chi connectivity index (χ1n) is 7.35. The van der Waals surface area contributed by atoms with Gasteiger partial charge >= 0.3 is 11.9 Å². The number of aliphatic hydroxyl groups excluding tert-OH is 1. The molecular formula is C15H23NO5. The van der Waals surface area contributed by atoms with E-state index in [2.05, 4.69) is 4.90 Å². The summed E-state index contributed by atoms with van der Waals surface area (Å²) < 4.78 is 10.4. The third-order valence-electron chi connectivity index (χ3n) is 4.28. The van der Waals surface area contributed by atoms with E-state index in [1.165, 1.54) is 6.92 Å². The van der Waals surface area contributed by atoms with Crippen LogP contribution in [0.4, 0.5) is 0 Å². The highest BCUT2D eigenvalue weighted by Crippen LogP contribution is 2.29. The van der Waals surface area contributed by atoms with Crippen molar-refractivity contribution in [1.82, 2.24) is 4.90 Å². The fourth-order valence-corrected chi connectivity index (χ4v) is 2.90. The zero-order valence-corrected chi connectivity index (χ0v) is 12.8. The zero-order valence-electron chi connectivity index (χ0n) is 12.8. The normalized spacial score (nSPS) is 27.7. The number of fused-ring (bicyclic) bond motifs is 1. The molecule has 1 N–H and O–H groups in total. The average molecular weight is 297 g/mol. The molecule has 0 radical (unpaired) electrons. The molecule has 0 aliphatic carbocycles. The summed E-state index contributed by atoms with van der Waals surface area (Å²) in [6.07, 6.45) is 2.69. The lowest BCUT2D eigenvalue weighted by atomic mass is 10.0. The summed E-state index contributed by atoms with van der Waals surface area (Å²) in [6, 6.07) is -0.0422. The number of ether oxygens (including phenoxy) is 2. The molecular weight excluding hydrogens is 274 g/mol. The van der Waals surface area contributed by atoms with Gasteiger partial charge in [0.15, 0.2) is 0 Å². The third kappa shape index (κ3) is 3.27. The van der Waals surface area contributed by atoms with Crippen molar-refractivity contribution in [3.05, 3.63) is 11.6 Å². The average Bonchev–Trinajstić information content (AvgIpc) is 2.99. The highest BCUT2D eigenvalue weighted by molar-refractivity contribution is 5.82. The van der Waals surface area contributed by atoms with Crippen molar-refractivity contribution in [2.24, 2.45) is 0 Å². The Kier molecular flexibility index (Phi) is 4.68. The zero-order chi connectivity index (χ0) is 15.6. The summed E-state index contributed by atoms with van der Waals surface area (Å²) in [6.45, 7) is 6.36. The second-order valence-corrected chi connectivity index (χ2v) is 5.83. The van der Waals surface area contributed by atoms with E-state index in [-0.39, 0.29) is 12.6 Å². The molecule has 1 saturated heterocycles. The van der Waals surface area contributed by atoms with Crippen LogP contribution in [-0.4, -0.2) is 59.4 Å². The molecule has 0 aromatic carbocycles. The molecule has 0 amide bonds. The van der Waals surface area contributed by atoms with Crippen molar-refractivity contribution in [1.29, 1.82) is 0 Å². The van der Waals surface area contributed by atoms with E-state index in [1.54, 1.807) is 13.8 Å². The van der Waals surface area contributed by atoms with E-state index in [4.69, 9.17) is 9.47 Å². The number of aliphatic hydroxyl groups is 1. The van der Waals surface area contributed by atoms with Gasteiger partial charge in [0.2, 0.25) is 5.60 Å². The second-order valence-electron chi connectivity index (χ2n) is 5.83. The van der Waals surface area contributed by atoms with Gasteiger partial charge in [0, 0.05) is 20.0 Å². The van der Waals surface area contributed by atoms with Gasteiger partial charge < -0.3 is 14.6 Å². The molecule has 1 unspecified atom stereocenters. The number of hydrogen-bond acceptors (Lipinski definition) is 6. The lowest BCUT2D eigenvalue weighted by molar-refractivity contribution is -0.179. The van der Waals surface area contributed by atoms with Gasteiger partial charge in [0.05, 0.1) is 12.1 Å². The number of nitrogens with zero attached hydrogens (tertiary/aromatic N) is 1. The van der Waals surface area contributed by atoms with Crippen LogP contribution in [0.5, 0.6) is 0 Å². The minimum Gasteiger partial charge on any atom is -0.458 e. The van der Waals surface area contributed by atoms with Gasteiger partial charge in [0.25, 0.3) is 0 Å². The van der Waals surface area contributed by atoms with E-state index < -0.39 is 23.6 Å². The molecule has 6 nitrogen and oxygen atoms in total. The number of carbonyl (C=O) groups excluding carboxylic acids is 2. The van der Waals surface area contributed by atoms with Crippen LogP contribution in [0, 0.1) is 0 Å². The summed E-state index contributed by atoms with van der Waals surface area (Å²) >= 11 is 0. The van der Waals surface area contributed by atoms with Gasteiger partial charge in [-0.1, -0.05) is 13.0 Å². The van der Waals surface area contributed by atoms with Crippen LogP contribution in [0.3, 0.4) is 0 Å². The standard InChI is InChI=1S/C15H23NO5/c1-4-15(3,21-10(2)17)14(19)20-9-11-5-7-16-8-6-12(18)13(11)16/h5,12-13,18H,4,6-9H2,1-3H3/t12-,13-,15?/m1/s1. The molecule has 1 fully saturated rings. The van der Waals surface area contributed by atoms with E-state index in [0.29, 0.717) is 6.42 Å². The molecule has 0 saturated carbocycles. The van der Waals surface area contributed by atoms with Crippen LogP contribution in [0.2, 0.25) is 0 Å². The Balaban J connectivity index is 1.93. The quantitative estimate of drug-likeness (QED) is 0.593. The molecule has 0 bridgehead atoms. The van der Waals surface area contributed by atoms with Crippen LogP contribution in [0.1, 0.15) is 33.6 Å². The van der Waals surface area contributed by atoms with Crippen LogP contribution >= 0.6 is 0 Å². The van der Waals surface area contributed by atoms with Gasteiger partial charge in [-0.15, -0.1) is 0 Å². The smallest absolute Gasteiger partial charge is 0.350 e. The summed E-state index contributed by atoms with van der Waals surface area (Å²) in [5, 5.41) is 9.97. The van der Waals surface area contributed by atoms with Gasteiger partial charge in [-0.05, 0) is 25.3 Å². The lowest BCUT2D eigenvalue weighted by Crippen LogP contribution is -2.41. The Morgan fingerprint density at radius 3 is 2.86 bits per heavy atom. The molecule has 2 rings (SSSR count). The Bertz CT molecular complexity index is 461. The fourth-order valence-electron chi connectivity index (χ4n) is 2.90. The summed E-state index contributed by atoms with van der Waals surface area (Å²) in [4.78, 5) is 25.4. The summed E-state index contributed by atoms with van der Waals surface area (Å²) in [7, 11) is 0. The van der Waals surface area contributed by atoms with Crippen LogP contribution < -0.4 is 0 Å². The van der Waals surface area contributed by atoms with Crippen LogP contribution in [0.25, 0.3) is 0 Å². The van der Waals surface area contributed by atoms with Gasteiger partial charge in [-0.2, -0.15) is 0 Å². The molecule has 3 atom stereocenters. The Morgan fingerprint density at radius 2 is 2.24 bits per heavy atom. The minimum absolute atomic E-state index is 0.0422. The SMILES string of the molecule is CCC(C)(OC(C)=O)C(=O)OCC1=CCN2CC[C@@H](O)[C@@H]12. The highest BCUT2D eigenvalue weighted by Gasteiger charge is 2.40. The minimum atomic E-state index is -1.25. The molecule has 0 spiro atoms. The fraction of sp³-hybridized carbons (Fsp3) is 0.733. The Labute approximate surface area is 124 Å². The van der Waals surface area contributed by atoms with Gasteiger partial charge in [-0.3, -0.25) is 9.69 Å². The van der Waals surface area contributed by atoms with Crippen molar-refractivity contribution in [3.8, 4) is 0 Å². The van der Waals surface area contributed by atoms with Gasteiger partial charge in [0.1, 0.15) is 6.61 Å². The van der Waals surface area contributed by atoms with Crippen molar-refractivity contribution in [3.63, 3.8) is 0 Å². The predicted octanol–water partition coefficient (Wildman–Crippen LogP) is 0.637. The molecule has 21 heavy (non-hydrogen) atoms. The number of carbonyl (C=O) groups is 2. The monoisotopic (exact) mass is 297 g/mol.